The molecule has 7 nitrogen and oxygen atoms in total. The van der Waals surface area contributed by atoms with Crippen molar-refractivity contribution in [1.29, 1.82) is 0 Å². The van der Waals surface area contributed by atoms with Gasteiger partial charge in [-0.05, 0) is 20.9 Å². The van der Waals surface area contributed by atoms with Gasteiger partial charge in [-0.1, -0.05) is 0 Å². The van der Waals surface area contributed by atoms with E-state index >= 15 is 0 Å². The molecular formula is C9H16N2O5. The third-order valence-electron chi connectivity index (χ3n) is 1.61. The molecule has 0 aromatic heterocycles. The number of hydrogen-bond acceptors (Lipinski definition) is 4. The Bertz CT molecular complexity index is 280. The van der Waals surface area contributed by atoms with E-state index in [1.54, 1.807) is 20.9 Å². The van der Waals surface area contributed by atoms with Crippen molar-refractivity contribution in [3.63, 3.8) is 0 Å². The number of nitrogens with two attached hydrogens (primary N) is 1. The van der Waals surface area contributed by atoms with E-state index in [1.807, 2.05) is 0 Å². The molecule has 0 rings (SSSR count). The molecule has 16 heavy (non-hydrogen) atoms. The van der Waals surface area contributed by atoms with E-state index in [2.05, 4.69) is 5.32 Å². The minimum atomic E-state index is -1.26. The summed E-state index contributed by atoms with van der Waals surface area (Å²) in [6.07, 6.45) is 1.12. The zero-order valence-electron chi connectivity index (χ0n) is 9.35. The number of carboxylic acids is 2. The van der Waals surface area contributed by atoms with Crippen LogP contribution in [0.15, 0.2) is 12.2 Å². The van der Waals surface area contributed by atoms with Crippen molar-refractivity contribution in [1.82, 2.24) is 5.32 Å². The Balaban J connectivity index is 0. The normalized spacial score (nSPS) is 10.4. The first kappa shape index (κ1) is 16.5. The molecule has 0 saturated carbocycles. The molecule has 0 spiro atoms. The molecule has 0 saturated heterocycles. The topological polar surface area (TPSA) is 130 Å². The number of carbonyl (C=O) groups is 3. The number of nitrogens with one attached hydrogen (secondary N) is 1. The second kappa shape index (κ2) is 7.41. The van der Waals surface area contributed by atoms with Crippen LogP contribution >= 0.6 is 0 Å². The quantitative estimate of drug-likeness (QED) is 0.468. The fourth-order valence-electron chi connectivity index (χ4n) is 0.266. The van der Waals surface area contributed by atoms with E-state index in [1.165, 1.54) is 0 Å². The first-order valence-electron chi connectivity index (χ1n) is 4.26. The van der Waals surface area contributed by atoms with E-state index in [9.17, 15) is 14.4 Å². The maximum atomic E-state index is 10.4. The lowest BCUT2D eigenvalue weighted by molar-refractivity contribution is -0.134. The summed E-state index contributed by atoms with van der Waals surface area (Å²) >= 11 is 0. The number of primary amides is 1. The van der Waals surface area contributed by atoms with Gasteiger partial charge in [-0.15, -0.1) is 0 Å². The summed E-state index contributed by atoms with van der Waals surface area (Å²) in [6.45, 7) is 3.46. The van der Waals surface area contributed by atoms with Gasteiger partial charge in [0.25, 0.3) is 0 Å². The highest BCUT2D eigenvalue weighted by Crippen LogP contribution is 1.96. The molecule has 0 aliphatic carbocycles. The zero-order chi connectivity index (χ0) is 13.4. The summed E-state index contributed by atoms with van der Waals surface area (Å²) in [4.78, 5) is 29.5. The fraction of sp³-hybridized carbons (Fsp3) is 0.444. The van der Waals surface area contributed by atoms with Crippen molar-refractivity contribution >= 4 is 17.8 Å². The highest BCUT2D eigenvalue weighted by atomic mass is 16.4. The average Bonchev–Trinajstić information content (AvgIpc) is 2.15. The number of amides is 1. The number of aliphatic carboxylic acids is 2. The van der Waals surface area contributed by atoms with Crippen LogP contribution in [0.5, 0.6) is 0 Å². The molecule has 0 fully saturated rings. The van der Waals surface area contributed by atoms with Crippen molar-refractivity contribution in [3.8, 4) is 0 Å². The molecule has 5 N–H and O–H groups in total. The Morgan fingerprint density at radius 2 is 1.44 bits per heavy atom. The average molecular weight is 232 g/mol. The highest BCUT2D eigenvalue weighted by molar-refractivity contribution is 5.89. The summed E-state index contributed by atoms with van der Waals surface area (Å²) in [6, 6.07) is 0. The third kappa shape index (κ3) is 10.2. The van der Waals surface area contributed by atoms with Gasteiger partial charge in [0.15, 0.2) is 0 Å². The van der Waals surface area contributed by atoms with E-state index in [4.69, 9.17) is 15.9 Å². The molecule has 0 unspecified atom stereocenters. The molecule has 0 aliphatic rings. The van der Waals surface area contributed by atoms with E-state index in [-0.39, 0.29) is 5.91 Å². The molecule has 0 heterocycles. The molecule has 92 valence electrons. The van der Waals surface area contributed by atoms with Crippen LogP contribution in [0.3, 0.4) is 0 Å². The number of hydrogen-bond donors (Lipinski definition) is 4. The zero-order valence-corrected chi connectivity index (χ0v) is 9.35. The van der Waals surface area contributed by atoms with Gasteiger partial charge < -0.3 is 21.3 Å². The highest BCUT2D eigenvalue weighted by Gasteiger charge is 2.20. The lowest BCUT2D eigenvalue weighted by Crippen LogP contribution is -2.48. The Kier molecular flexibility index (Phi) is 7.66. The number of carbonyl (C=O) groups excluding carboxylic acids is 1. The van der Waals surface area contributed by atoms with Crippen molar-refractivity contribution in [2.75, 3.05) is 7.05 Å². The summed E-state index contributed by atoms with van der Waals surface area (Å²) in [5, 5.41) is 18.4. The second-order valence-electron chi connectivity index (χ2n) is 3.25. The van der Waals surface area contributed by atoms with Gasteiger partial charge in [0.1, 0.15) is 0 Å². The Morgan fingerprint density at radius 1 is 1.12 bits per heavy atom. The van der Waals surface area contributed by atoms with Crippen LogP contribution in [0, 0.1) is 0 Å². The summed E-state index contributed by atoms with van der Waals surface area (Å²) < 4.78 is 0. The van der Waals surface area contributed by atoms with Crippen molar-refractivity contribution < 1.29 is 24.6 Å². The Labute approximate surface area is 92.9 Å². The van der Waals surface area contributed by atoms with Gasteiger partial charge in [-0.3, -0.25) is 4.79 Å². The van der Waals surface area contributed by atoms with Crippen molar-refractivity contribution in [2.24, 2.45) is 5.73 Å². The fourth-order valence-corrected chi connectivity index (χ4v) is 0.266. The van der Waals surface area contributed by atoms with Gasteiger partial charge in [-0.2, -0.15) is 0 Å². The smallest absolute Gasteiger partial charge is 0.328 e. The number of likely N-dealkylation sites (N-methyl/N-ethyl adjacent to an activating group) is 1. The lowest BCUT2D eigenvalue weighted by atomic mass is 10.1. The third-order valence-corrected chi connectivity index (χ3v) is 1.61. The standard InChI is InChI=1S/C5H12N2O.C4H4O4/c1-5(2,7-3)4(6)8;5-3(6)1-2-4(7)8/h7H,1-3H3,(H2,6,8);1-2H,(H,5,6)(H,7,8)/b;2-1+. The first-order valence-corrected chi connectivity index (χ1v) is 4.26. The minimum absolute atomic E-state index is 0.333. The number of carboxylic acid groups (broad SMARTS) is 2. The largest absolute Gasteiger partial charge is 0.478 e. The van der Waals surface area contributed by atoms with E-state index in [0.29, 0.717) is 12.2 Å². The van der Waals surface area contributed by atoms with E-state index < -0.39 is 17.5 Å². The van der Waals surface area contributed by atoms with Gasteiger partial charge >= 0.3 is 11.9 Å². The molecule has 0 bridgehead atoms. The van der Waals surface area contributed by atoms with Crippen LogP contribution < -0.4 is 11.1 Å². The monoisotopic (exact) mass is 232 g/mol. The van der Waals surface area contributed by atoms with Crippen LogP contribution in [0.2, 0.25) is 0 Å². The van der Waals surface area contributed by atoms with Gasteiger partial charge in [0, 0.05) is 12.2 Å². The number of rotatable bonds is 4. The van der Waals surface area contributed by atoms with Crippen molar-refractivity contribution in [2.45, 2.75) is 19.4 Å². The Morgan fingerprint density at radius 3 is 1.50 bits per heavy atom. The minimum Gasteiger partial charge on any atom is -0.478 e. The summed E-state index contributed by atoms with van der Waals surface area (Å²) in [5.41, 5.74) is 4.41. The Hall–Kier alpha value is -1.89. The SMILES string of the molecule is CNC(C)(C)C(N)=O.O=C(O)/C=C/C(=O)O. The van der Waals surface area contributed by atoms with Gasteiger partial charge in [0.2, 0.25) is 5.91 Å². The van der Waals surface area contributed by atoms with Crippen LogP contribution in [-0.2, 0) is 14.4 Å². The summed E-state index contributed by atoms with van der Waals surface area (Å²) in [5.74, 6) is -2.85. The molecular weight excluding hydrogens is 216 g/mol. The van der Waals surface area contributed by atoms with E-state index in [0.717, 1.165) is 0 Å². The van der Waals surface area contributed by atoms with Crippen LogP contribution in [0.4, 0.5) is 0 Å². The maximum absolute atomic E-state index is 10.4. The lowest BCUT2D eigenvalue weighted by Gasteiger charge is -2.18. The molecule has 1 amide bonds. The van der Waals surface area contributed by atoms with Crippen LogP contribution in [-0.4, -0.2) is 40.6 Å². The van der Waals surface area contributed by atoms with Crippen LogP contribution in [0.25, 0.3) is 0 Å². The van der Waals surface area contributed by atoms with Gasteiger partial charge in [0.05, 0.1) is 5.54 Å². The predicted molar refractivity (Wildman–Crippen MR) is 56.7 cm³/mol. The second-order valence-corrected chi connectivity index (χ2v) is 3.25. The molecule has 0 radical (unpaired) electrons. The van der Waals surface area contributed by atoms with Crippen LogP contribution in [0.1, 0.15) is 13.8 Å². The molecule has 7 heteroatoms. The summed E-state index contributed by atoms with van der Waals surface area (Å²) in [7, 11) is 1.70. The molecule has 0 aromatic rings. The molecule has 0 aromatic carbocycles. The predicted octanol–water partition coefficient (Wildman–Crippen LogP) is -0.818. The van der Waals surface area contributed by atoms with Gasteiger partial charge in [-0.25, -0.2) is 9.59 Å². The maximum Gasteiger partial charge on any atom is 0.328 e. The molecule has 0 aliphatic heterocycles. The molecule has 0 atom stereocenters. The van der Waals surface area contributed by atoms with Crippen molar-refractivity contribution in [3.05, 3.63) is 12.2 Å². The first-order chi connectivity index (χ1) is 7.13.